The molecule has 0 radical (unpaired) electrons. The van der Waals surface area contributed by atoms with Crippen LogP contribution in [0.2, 0.25) is 0 Å². The molecule has 152 valence electrons. The maximum absolute atomic E-state index is 13.2. The van der Waals surface area contributed by atoms with Gasteiger partial charge in [-0.05, 0) is 38.3 Å². The molecule has 1 aliphatic carbocycles. The summed E-state index contributed by atoms with van der Waals surface area (Å²) in [7, 11) is 2.27. The second-order valence-electron chi connectivity index (χ2n) is 9.23. The van der Waals surface area contributed by atoms with E-state index in [2.05, 4.69) is 59.4 Å². The molecule has 0 unspecified atom stereocenters. The topological polar surface area (TPSA) is 52.7 Å². The van der Waals surface area contributed by atoms with Crippen LogP contribution < -0.4 is 5.32 Å². The van der Waals surface area contributed by atoms with Crippen molar-refractivity contribution in [2.45, 2.75) is 76.5 Å². The van der Waals surface area contributed by atoms with Gasteiger partial charge in [-0.15, -0.1) is 0 Å². The lowest BCUT2D eigenvalue weighted by Crippen LogP contribution is -2.58. The number of hydrogen-bond donors (Lipinski definition) is 1. The first kappa shape index (κ1) is 19.4. The molecule has 0 spiro atoms. The second-order valence-corrected chi connectivity index (χ2v) is 9.23. The summed E-state index contributed by atoms with van der Waals surface area (Å²) in [6, 6.07) is 12.0. The molecule has 0 aromatic heterocycles. The molecule has 3 aliphatic rings. The molecule has 1 saturated carbocycles. The second kappa shape index (κ2) is 7.51. The Bertz CT molecular complexity index is 737. The van der Waals surface area contributed by atoms with Gasteiger partial charge in [-0.25, -0.2) is 0 Å². The minimum absolute atomic E-state index is 0.0861. The van der Waals surface area contributed by atoms with Crippen molar-refractivity contribution >= 4 is 11.8 Å². The van der Waals surface area contributed by atoms with Gasteiger partial charge in [-0.3, -0.25) is 14.5 Å². The van der Waals surface area contributed by atoms with Crippen LogP contribution >= 0.6 is 0 Å². The van der Waals surface area contributed by atoms with E-state index in [4.69, 9.17) is 0 Å². The number of hydrogen-bond acceptors (Lipinski definition) is 3. The van der Waals surface area contributed by atoms with E-state index < -0.39 is 0 Å². The third kappa shape index (κ3) is 3.24. The Labute approximate surface area is 168 Å². The highest BCUT2D eigenvalue weighted by atomic mass is 16.2. The van der Waals surface area contributed by atoms with E-state index in [0.717, 1.165) is 19.3 Å². The van der Waals surface area contributed by atoms with Gasteiger partial charge in [0.25, 0.3) is 0 Å². The number of nitrogens with one attached hydrogen (secondary N) is 1. The van der Waals surface area contributed by atoms with Crippen LogP contribution in [0.1, 0.15) is 51.5 Å². The van der Waals surface area contributed by atoms with Gasteiger partial charge >= 0.3 is 0 Å². The Morgan fingerprint density at radius 3 is 2.50 bits per heavy atom. The molecule has 2 amide bonds. The van der Waals surface area contributed by atoms with E-state index in [1.165, 1.54) is 31.7 Å². The van der Waals surface area contributed by atoms with Crippen LogP contribution in [0.25, 0.3) is 0 Å². The molecule has 4 rings (SSSR count). The molecule has 3 fully saturated rings. The van der Waals surface area contributed by atoms with Crippen molar-refractivity contribution in [3.8, 4) is 0 Å². The van der Waals surface area contributed by atoms with Gasteiger partial charge in [0.15, 0.2) is 0 Å². The van der Waals surface area contributed by atoms with Gasteiger partial charge in [0.2, 0.25) is 11.8 Å². The molecular formula is C23H33N3O2. The van der Waals surface area contributed by atoms with Crippen LogP contribution in [0.5, 0.6) is 0 Å². The van der Waals surface area contributed by atoms with Crippen molar-refractivity contribution in [3.63, 3.8) is 0 Å². The predicted octanol–water partition coefficient (Wildman–Crippen LogP) is 2.60. The lowest BCUT2D eigenvalue weighted by molar-refractivity contribution is -0.136. The summed E-state index contributed by atoms with van der Waals surface area (Å²) < 4.78 is 0. The number of amides is 2. The molecule has 5 nitrogen and oxygen atoms in total. The molecule has 1 aromatic carbocycles. The summed E-state index contributed by atoms with van der Waals surface area (Å²) in [5, 5.41) is 2.74. The largest absolute Gasteiger partial charge is 0.347 e. The van der Waals surface area contributed by atoms with Crippen molar-refractivity contribution in [1.82, 2.24) is 15.1 Å². The first-order chi connectivity index (χ1) is 13.4. The normalized spacial score (nSPS) is 34.8. The molecule has 1 N–H and O–H groups in total. The Hall–Kier alpha value is -1.88. The van der Waals surface area contributed by atoms with Crippen LogP contribution in [-0.4, -0.2) is 59.4 Å². The summed E-state index contributed by atoms with van der Waals surface area (Å²) in [6.45, 7) is 4.00. The van der Waals surface area contributed by atoms with Crippen molar-refractivity contribution in [1.29, 1.82) is 0 Å². The van der Waals surface area contributed by atoms with Gasteiger partial charge in [-0.2, -0.15) is 0 Å². The first-order valence-electron chi connectivity index (χ1n) is 10.7. The van der Waals surface area contributed by atoms with Crippen LogP contribution in [0.3, 0.4) is 0 Å². The number of nitrogens with zero attached hydrogens (tertiary/aromatic N) is 2. The minimum Gasteiger partial charge on any atom is -0.347 e. The molecule has 2 heterocycles. The fourth-order valence-corrected chi connectivity index (χ4v) is 6.34. The van der Waals surface area contributed by atoms with E-state index >= 15 is 0 Å². The fraction of sp³-hybridized carbons (Fsp3) is 0.652. The van der Waals surface area contributed by atoms with Crippen molar-refractivity contribution in [2.24, 2.45) is 5.41 Å². The predicted molar refractivity (Wildman–Crippen MR) is 110 cm³/mol. The number of benzene rings is 1. The van der Waals surface area contributed by atoms with E-state index in [1.54, 1.807) is 0 Å². The Morgan fingerprint density at radius 2 is 1.82 bits per heavy atom. The number of rotatable bonds is 4. The zero-order valence-electron chi connectivity index (χ0n) is 17.4. The number of likely N-dealkylation sites (N-methyl/N-ethyl adjacent to an activating group) is 1. The lowest BCUT2D eigenvalue weighted by atomic mass is 9.69. The molecular weight excluding hydrogens is 350 g/mol. The number of carbonyl (C=O) groups excluding carboxylic acids is 2. The van der Waals surface area contributed by atoms with E-state index in [0.29, 0.717) is 12.1 Å². The van der Waals surface area contributed by atoms with Gasteiger partial charge in [0.1, 0.15) is 0 Å². The smallest absolute Gasteiger partial charge is 0.242 e. The lowest BCUT2D eigenvalue weighted by Gasteiger charge is -2.49. The molecule has 2 bridgehead atoms. The van der Waals surface area contributed by atoms with E-state index in [1.807, 2.05) is 0 Å². The summed E-state index contributed by atoms with van der Waals surface area (Å²) in [5.41, 5.74) is 1.48. The molecule has 2 aliphatic heterocycles. The number of piperidine rings is 1. The zero-order chi connectivity index (χ0) is 19.9. The quantitative estimate of drug-likeness (QED) is 0.870. The van der Waals surface area contributed by atoms with Crippen molar-refractivity contribution in [2.75, 3.05) is 13.6 Å². The third-order valence-electron chi connectivity index (χ3n) is 7.59. The molecule has 5 atom stereocenters. The highest BCUT2D eigenvalue weighted by Gasteiger charge is 2.61. The van der Waals surface area contributed by atoms with Gasteiger partial charge in [-0.1, -0.05) is 50.1 Å². The zero-order valence-corrected chi connectivity index (χ0v) is 17.4. The van der Waals surface area contributed by atoms with Gasteiger partial charge < -0.3 is 10.2 Å². The summed E-state index contributed by atoms with van der Waals surface area (Å²) in [4.78, 5) is 29.4. The first-order valence-corrected chi connectivity index (χ1v) is 10.7. The van der Waals surface area contributed by atoms with E-state index in [9.17, 15) is 9.59 Å². The standard InChI is InChI=1S/C23H33N3O2/c1-16(27)24-15-22(28)26-19-14-23(2)20(11-7-8-12-21(23)26)25(3)18(19)13-17-9-5-4-6-10-17/h4-6,9-10,18-21H,7-8,11-15H2,1-3H3,(H,24,27)/t18-,19+,20-,21+,23-/m1/s1. The molecule has 28 heavy (non-hydrogen) atoms. The Morgan fingerprint density at radius 1 is 1.14 bits per heavy atom. The average molecular weight is 384 g/mol. The summed E-state index contributed by atoms with van der Waals surface area (Å²) in [6.07, 6.45) is 6.76. The highest BCUT2D eigenvalue weighted by molar-refractivity contribution is 5.84. The molecule has 1 aromatic rings. The summed E-state index contributed by atoms with van der Waals surface area (Å²) in [5.74, 6) is -0.0543. The maximum Gasteiger partial charge on any atom is 0.242 e. The minimum atomic E-state index is -0.140. The Balaban J connectivity index is 1.67. The highest BCUT2D eigenvalue weighted by Crippen LogP contribution is 2.55. The molecule has 5 heteroatoms. The van der Waals surface area contributed by atoms with Crippen LogP contribution in [-0.2, 0) is 16.0 Å². The fourth-order valence-electron chi connectivity index (χ4n) is 6.34. The third-order valence-corrected chi connectivity index (χ3v) is 7.59. The van der Waals surface area contributed by atoms with Crippen LogP contribution in [0, 0.1) is 5.41 Å². The monoisotopic (exact) mass is 383 g/mol. The number of fused-ring (bicyclic) bond motifs is 1. The van der Waals surface area contributed by atoms with Crippen LogP contribution in [0.4, 0.5) is 0 Å². The Kier molecular flexibility index (Phi) is 5.21. The van der Waals surface area contributed by atoms with Crippen molar-refractivity contribution in [3.05, 3.63) is 35.9 Å². The SMILES string of the molecule is CC(=O)NCC(=O)N1[C@H]2CCCC[C@H]3N(C)[C@H](Cc4ccccc4)[C@@H]1C[C@@]23C. The van der Waals surface area contributed by atoms with Gasteiger partial charge in [0.05, 0.1) is 6.54 Å². The molecule has 2 saturated heterocycles. The maximum atomic E-state index is 13.2. The summed E-state index contributed by atoms with van der Waals surface area (Å²) >= 11 is 0. The number of likely N-dealkylation sites (tertiary alicyclic amines) is 2. The average Bonchev–Trinajstić information content (AvgIpc) is 2.82. The van der Waals surface area contributed by atoms with E-state index in [-0.39, 0.29) is 35.9 Å². The van der Waals surface area contributed by atoms with Crippen molar-refractivity contribution < 1.29 is 9.59 Å². The van der Waals surface area contributed by atoms with Gasteiger partial charge in [0, 0.05) is 36.5 Å². The van der Waals surface area contributed by atoms with Crippen LogP contribution in [0.15, 0.2) is 30.3 Å². The number of carbonyl (C=O) groups is 2.